The van der Waals surface area contributed by atoms with Crippen LogP contribution in [0.5, 0.6) is 0 Å². The van der Waals surface area contributed by atoms with Gasteiger partial charge in [0.15, 0.2) is 5.66 Å². The highest BCUT2D eigenvalue weighted by Gasteiger charge is 2.35. The fourth-order valence-corrected chi connectivity index (χ4v) is 7.36. The molecule has 0 saturated heterocycles. The Kier molecular flexibility index (Phi) is 7.52. The molecule has 0 saturated carbocycles. The number of allylic oxidation sites excluding steroid dienone is 1. The predicted octanol–water partition coefficient (Wildman–Crippen LogP) is 11.4. The number of nitrogens with zero attached hydrogens (tertiary/aromatic N) is 1. The molecule has 8 aromatic carbocycles. The Bertz CT molecular complexity index is 2570. The van der Waals surface area contributed by atoms with E-state index >= 15 is 0 Å². The molecule has 1 heterocycles. The van der Waals surface area contributed by atoms with Crippen LogP contribution in [0.2, 0.25) is 0 Å². The van der Waals surface area contributed by atoms with E-state index in [0.29, 0.717) is 0 Å². The summed E-state index contributed by atoms with van der Waals surface area (Å²) in [6.45, 7) is 0. The lowest BCUT2D eigenvalue weighted by Gasteiger charge is -2.35. The van der Waals surface area contributed by atoms with Crippen LogP contribution in [0.1, 0.15) is 16.7 Å². The third kappa shape index (κ3) is 5.55. The molecule has 1 atom stereocenters. The number of aliphatic imine (C=N–C) groups is 1. The molecule has 1 aliphatic rings. The molecule has 1 unspecified atom stereocenters. The van der Waals surface area contributed by atoms with Crippen molar-refractivity contribution in [2.24, 2.45) is 4.99 Å². The Labute approximate surface area is 298 Å². The van der Waals surface area contributed by atoms with Gasteiger partial charge in [-0.25, -0.2) is 4.99 Å². The van der Waals surface area contributed by atoms with Crippen LogP contribution >= 0.6 is 0 Å². The van der Waals surface area contributed by atoms with E-state index in [-0.39, 0.29) is 0 Å². The average molecular weight is 654 g/mol. The summed E-state index contributed by atoms with van der Waals surface area (Å²) in [5, 5.41) is 8.66. The van der Waals surface area contributed by atoms with Gasteiger partial charge in [0.25, 0.3) is 0 Å². The third-order valence-electron chi connectivity index (χ3n) is 10.1. The van der Waals surface area contributed by atoms with E-state index in [1.54, 1.807) is 0 Å². The second kappa shape index (κ2) is 12.6. The van der Waals surface area contributed by atoms with Crippen molar-refractivity contribution >= 4 is 32.9 Å². The van der Waals surface area contributed by atoms with Gasteiger partial charge in [-0.15, -0.1) is 0 Å². The van der Waals surface area contributed by atoms with Crippen molar-refractivity contribution in [3.8, 4) is 33.4 Å². The van der Waals surface area contributed by atoms with Gasteiger partial charge in [0.2, 0.25) is 0 Å². The van der Waals surface area contributed by atoms with Crippen molar-refractivity contribution in [2.45, 2.75) is 5.66 Å². The minimum absolute atomic E-state index is 0.756. The van der Waals surface area contributed by atoms with Crippen LogP contribution in [0.15, 0.2) is 199 Å². The topological polar surface area (TPSA) is 50.4 Å². The average Bonchev–Trinajstić information content (AvgIpc) is 3.21. The fourth-order valence-electron chi connectivity index (χ4n) is 7.36. The number of nitrogens with two attached hydrogens (primary N) is 1. The molecular weight excluding hydrogens is 619 g/mol. The monoisotopic (exact) mass is 653 g/mol. The molecule has 3 N–H and O–H groups in total. The highest BCUT2D eigenvalue weighted by atomic mass is 15.2. The molecule has 3 heteroatoms. The summed E-state index contributed by atoms with van der Waals surface area (Å²) in [5.74, 6) is 0. The maximum atomic E-state index is 5.97. The second-order valence-corrected chi connectivity index (χ2v) is 13.1. The first-order chi connectivity index (χ1) is 25.1. The molecular formula is C48H35N3. The molecule has 8 aromatic rings. The summed E-state index contributed by atoms with van der Waals surface area (Å²) < 4.78 is 0. The molecule has 0 bridgehead atoms. The third-order valence-corrected chi connectivity index (χ3v) is 10.1. The SMILES string of the molecule is Nc1ccc(-c2ccc(C3(c4ccc(-c5cccc6ccccc56)cc4)N=C(c4ccc(-c5cccc6ccccc56)cc4)C=CN3)cc2)cc1. The van der Waals surface area contributed by atoms with Crippen molar-refractivity contribution in [2.75, 3.05) is 5.73 Å². The number of hydrogen-bond donors (Lipinski definition) is 2. The molecule has 1 aliphatic heterocycles. The Balaban J connectivity index is 1.13. The Morgan fingerprint density at radius 1 is 0.412 bits per heavy atom. The van der Waals surface area contributed by atoms with Crippen molar-refractivity contribution in [1.82, 2.24) is 5.32 Å². The zero-order chi connectivity index (χ0) is 34.2. The molecule has 0 spiro atoms. The van der Waals surface area contributed by atoms with Crippen LogP contribution in [0, 0.1) is 0 Å². The van der Waals surface area contributed by atoms with E-state index in [9.17, 15) is 0 Å². The van der Waals surface area contributed by atoms with Gasteiger partial charge in [0, 0.05) is 23.0 Å². The van der Waals surface area contributed by atoms with Crippen molar-refractivity contribution in [3.63, 3.8) is 0 Å². The van der Waals surface area contributed by atoms with Gasteiger partial charge in [0.1, 0.15) is 0 Å². The molecule has 0 fully saturated rings. The summed E-state index contributed by atoms with van der Waals surface area (Å²) in [7, 11) is 0. The van der Waals surface area contributed by atoms with E-state index in [4.69, 9.17) is 10.7 Å². The minimum Gasteiger partial charge on any atom is -0.399 e. The highest BCUT2D eigenvalue weighted by molar-refractivity contribution is 6.10. The Morgan fingerprint density at radius 2 is 0.843 bits per heavy atom. The number of hydrogen-bond acceptors (Lipinski definition) is 3. The van der Waals surface area contributed by atoms with Crippen LogP contribution in [0.3, 0.4) is 0 Å². The van der Waals surface area contributed by atoms with E-state index in [1.807, 2.05) is 18.3 Å². The number of fused-ring (bicyclic) bond motifs is 2. The first-order valence-corrected chi connectivity index (χ1v) is 17.3. The molecule has 0 aromatic heterocycles. The van der Waals surface area contributed by atoms with Gasteiger partial charge in [-0.05, 0) is 78.7 Å². The van der Waals surface area contributed by atoms with Crippen LogP contribution < -0.4 is 11.1 Å². The highest BCUT2D eigenvalue weighted by Crippen LogP contribution is 2.38. The molecule has 51 heavy (non-hydrogen) atoms. The molecule has 0 amide bonds. The van der Waals surface area contributed by atoms with Crippen LogP contribution in [0.25, 0.3) is 54.9 Å². The predicted molar refractivity (Wildman–Crippen MR) is 215 cm³/mol. The van der Waals surface area contributed by atoms with Crippen molar-refractivity contribution in [3.05, 3.63) is 211 Å². The lowest BCUT2D eigenvalue weighted by atomic mass is 9.87. The van der Waals surface area contributed by atoms with Crippen molar-refractivity contribution < 1.29 is 0 Å². The van der Waals surface area contributed by atoms with E-state index in [1.165, 1.54) is 43.8 Å². The number of benzene rings is 8. The normalized spacial score (nSPS) is 15.4. The van der Waals surface area contributed by atoms with Gasteiger partial charge in [-0.1, -0.05) is 170 Å². The number of anilines is 1. The summed E-state index contributed by atoms with van der Waals surface area (Å²) in [5.41, 5.74) is 17.0. The first-order valence-electron chi connectivity index (χ1n) is 17.3. The Hall–Kier alpha value is -6.71. The van der Waals surface area contributed by atoms with Gasteiger partial charge < -0.3 is 11.1 Å². The first kappa shape index (κ1) is 30.4. The van der Waals surface area contributed by atoms with Crippen LogP contribution in [-0.2, 0) is 5.66 Å². The van der Waals surface area contributed by atoms with Crippen LogP contribution in [-0.4, -0.2) is 5.71 Å². The van der Waals surface area contributed by atoms with E-state index < -0.39 is 5.66 Å². The van der Waals surface area contributed by atoms with Gasteiger partial charge in [-0.2, -0.15) is 0 Å². The minimum atomic E-state index is -0.838. The smallest absolute Gasteiger partial charge is 0.182 e. The molecule has 0 radical (unpaired) electrons. The number of nitrogen functional groups attached to an aromatic ring is 1. The molecule has 3 nitrogen and oxygen atoms in total. The molecule has 242 valence electrons. The molecule has 0 aliphatic carbocycles. The van der Waals surface area contributed by atoms with Gasteiger partial charge in [-0.3, -0.25) is 0 Å². The second-order valence-electron chi connectivity index (χ2n) is 13.1. The summed E-state index contributed by atoms with van der Waals surface area (Å²) in [6.07, 6.45) is 4.10. The zero-order valence-corrected chi connectivity index (χ0v) is 28.0. The maximum Gasteiger partial charge on any atom is 0.182 e. The number of rotatable bonds is 6. The Morgan fingerprint density at radius 3 is 1.39 bits per heavy atom. The largest absolute Gasteiger partial charge is 0.399 e. The fraction of sp³-hybridized carbons (Fsp3) is 0.0208. The lowest BCUT2D eigenvalue weighted by Crippen LogP contribution is -2.41. The standard InChI is InChI=1S/C48H35N3/c49-42-29-23-34(24-30-42)33-19-25-40(26-20-33)48(41-27-21-38(22-28-41)46-14-6-10-36-8-2-4-12-44(36)46)50-32-31-47(51-48)39-17-15-37(16-18-39)45-13-5-9-35-7-1-3-11-43(35)45/h1-32,50H,49H2. The van der Waals surface area contributed by atoms with E-state index in [0.717, 1.165) is 39.2 Å². The molecule has 9 rings (SSSR count). The van der Waals surface area contributed by atoms with E-state index in [2.05, 4.69) is 181 Å². The quantitative estimate of drug-likeness (QED) is 0.176. The van der Waals surface area contributed by atoms with Gasteiger partial charge in [0.05, 0.1) is 5.71 Å². The summed E-state index contributed by atoms with van der Waals surface area (Å²) >= 11 is 0. The van der Waals surface area contributed by atoms with Gasteiger partial charge >= 0.3 is 0 Å². The van der Waals surface area contributed by atoms with Crippen molar-refractivity contribution in [1.29, 1.82) is 0 Å². The summed E-state index contributed by atoms with van der Waals surface area (Å²) in [4.78, 5) is 5.54. The summed E-state index contributed by atoms with van der Waals surface area (Å²) in [6, 6.07) is 64.4. The lowest BCUT2D eigenvalue weighted by molar-refractivity contribution is 0.478. The maximum absolute atomic E-state index is 5.97. The zero-order valence-electron chi connectivity index (χ0n) is 28.0. The number of nitrogens with one attached hydrogen (secondary N) is 1. The van der Waals surface area contributed by atoms with Crippen LogP contribution in [0.4, 0.5) is 5.69 Å².